The van der Waals surface area contributed by atoms with E-state index >= 15 is 0 Å². The first-order valence-corrected chi connectivity index (χ1v) is 15.8. The summed E-state index contributed by atoms with van der Waals surface area (Å²) in [4.78, 5) is 59.9. The zero-order valence-corrected chi connectivity index (χ0v) is 26.1. The van der Waals surface area contributed by atoms with Gasteiger partial charge < -0.3 is 25.5 Å². The smallest absolute Gasteiger partial charge is 0.305 e. The number of halogens is 1. The molecule has 3 atom stereocenters. The van der Waals surface area contributed by atoms with Gasteiger partial charge in [0.15, 0.2) is 0 Å². The topological polar surface area (TPSA) is 132 Å². The second-order valence-electron chi connectivity index (χ2n) is 12.3. The van der Waals surface area contributed by atoms with Crippen LogP contribution in [0.3, 0.4) is 0 Å². The predicted octanol–water partition coefficient (Wildman–Crippen LogP) is 5.42. The standard InChI is InChI=1S/C35H40FN5O5/c1-22-21-41(35(46)27-9-6-16-37-19-27)23(2)20-40(22)31-15-12-26(17-30(31)39-33(44)25-7-4-3-5-8-25)34(45)38-29(18-32(42)43)24-10-13-28(36)14-11-24/h6,9-17,19,22-23,25,29H,3-5,7-8,18,20-21H2,1-2H3,(H,38,45)(H,39,44)(H,42,43). The third-order valence-corrected chi connectivity index (χ3v) is 8.91. The van der Waals surface area contributed by atoms with E-state index in [1.165, 1.54) is 24.3 Å². The molecular formula is C35H40FN5O5. The van der Waals surface area contributed by atoms with E-state index < -0.39 is 30.2 Å². The fourth-order valence-corrected chi connectivity index (χ4v) is 6.39. The minimum absolute atomic E-state index is 0.0954. The van der Waals surface area contributed by atoms with E-state index in [-0.39, 0.29) is 35.4 Å². The molecule has 1 saturated heterocycles. The number of hydrogen-bond acceptors (Lipinski definition) is 6. The highest BCUT2D eigenvalue weighted by Gasteiger charge is 2.34. The number of carbonyl (C=O) groups excluding carboxylic acids is 3. The lowest BCUT2D eigenvalue weighted by Crippen LogP contribution is -2.58. The second kappa shape index (κ2) is 14.5. The van der Waals surface area contributed by atoms with Crippen molar-refractivity contribution in [3.8, 4) is 0 Å². The predicted molar refractivity (Wildman–Crippen MR) is 172 cm³/mol. The zero-order valence-electron chi connectivity index (χ0n) is 26.1. The van der Waals surface area contributed by atoms with Crippen LogP contribution in [-0.2, 0) is 9.59 Å². The molecule has 3 N–H and O–H groups in total. The Morgan fingerprint density at radius 3 is 2.37 bits per heavy atom. The van der Waals surface area contributed by atoms with Gasteiger partial charge in [0.25, 0.3) is 11.8 Å². The van der Waals surface area contributed by atoms with Gasteiger partial charge in [-0.1, -0.05) is 31.4 Å². The minimum Gasteiger partial charge on any atom is -0.481 e. The summed E-state index contributed by atoms with van der Waals surface area (Å²) in [6, 6.07) is 12.7. The van der Waals surface area contributed by atoms with Crippen LogP contribution in [0.2, 0.25) is 0 Å². The number of rotatable bonds is 9. The number of nitrogens with one attached hydrogen (secondary N) is 2. The summed E-state index contributed by atoms with van der Waals surface area (Å²) in [7, 11) is 0. The van der Waals surface area contributed by atoms with E-state index in [2.05, 4.69) is 20.5 Å². The number of amides is 3. The molecule has 5 rings (SSSR count). The van der Waals surface area contributed by atoms with Gasteiger partial charge in [-0.2, -0.15) is 0 Å². The summed E-state index contributed by atoms with van der Waals surface area (Å²) in [5.74, 6) is -2.42. The molecule has 3 amide bonds. The number of carboxylic acid groups (broad SMARTS) is 1. The Morgan fingerprint density at radius 2 is 1.70 bits per heavy atom. The van der Waals surface area contributed by atoms with E-state index in [0.29, 0.717) is 29.9 Å². The van der Waals surface area contributed by atoms with Crippen LogP contribution in [0, 0.1) is 11.7 Å². The molecule has 11 heteroatoms. The fourth-order valence-electron chi connectivity index (χ4n) is 6.39. The monoisotopic (exact) mass is 629 g/mol. The van der Waals surface area contributed by atoms with E-state index in [1.807, 2.05) is 18.7 Å². The SMILES string of the molecule is CC1CN(c2ccc(C(=O)NC(CC(=O)O)c3ccc(F)cc3)cc2NC(=O)C2CCCCC2)C(C)CN1C(=O)c1cccnc1. The molecule has 0 bridgehead atoms. The molecule has 1 aromatic heterocycles. The molecule has 2 aliphatic rings. The fraction of sp³-hybridized carbons (Fsp3) is 0.400. The Balaban J connectivity index is 1.42. The molecule has 1 saturated carbocycles. The van der Waals surface area contributed by atoms with Crippen molar-refractivity contribution in [1.82, 2.24) is 15.2 Å². The molecule has 3 unspecified atom stereocenters. The molecule has 0 spiro atoms. The van der Waals surface area contributed by atoms with Crippen LogP contribution in [0.25, 0.3) is 0 Å². The van der Waals surface area contributed by atoms with Gasteiger partial charge in [-0.15, -0.1) is 0 Å². The van der Waals surface area contributed by atoms with Gasteiger partial charge in [0.2, 0.25) is 5.91 Å². The Hall–Kier alpha value is -4.80. The molecule has 242 valence electrons. The number of anilines is 2. The maximum Gasteiger partial charge on any atom is 0.305 e. The van der Waals surface area contributed by atoms with Crippen molar-refractivity contribution in [1.29, 1.82) is 0 Å². The van der Waals surface area contributed by atoms with Crippen molar-refractivity contribution in [3.05, 3.63) is 89.5 Å². The summed E-state index contributed by atoms with van der Waals surface area (Å²) >= 11 is 0. The summed E-state index contributed by atoms with van der Waals surface area (Å²) in [5.41, 5.74) is 2.43. The molecule has 1 aliphatic heterocycles. The number of nitrogens with zero attached hydrogens (tertiary/aromatic N) is 3. The van der Waals surface area contributed by atoms with Gasteiger partial charge in [-0.05, 0) is 74.7 Å². The average molecular weight is 630 g/mol. The Bertz CT molecular complexity index is 1560. The third-order valence-electron chi connectivity index (χ3n) is 8.91. The molecule has 10 nitrogen and oxygen atoms in total. The molecule has 2 heterocycles. The van der Waals surface area contributed by atoms with Crippen molar-refractivity contribution in [3.63, 3.8) is 0 Å². The molecule has 2 aromatic carbocycles. The van der Waals surface area contributed by atoms with Crippen molar-refractivity contribution >= 4 is 35.1 Å². The van der Waals surface area contributed by atoms with Crippen LogP contribution in [-0.4, -0.2) is 63.9 Å². The Morgan fingerprint density at radius 1 is 0.957 bits per heavy atom. The maximum absolute atomic E-state index is 13.5. The molecule has 1 aliphatic carbocycles. The minimum atomic E-state index is -1.12. The highest BCUT2D eigenvalue weighted by atomic mass is 19.1. The summed E-state index contributed by atoms with van der Waals surface area (Å²) < 4.78 is 13.5. The highest BCUT2D eigenvalue weighted by Crippen LogP contribution is 2.34. The lowest BCUT2D eigenvalue weighted by Gasteiger charge is -2.46. The number of pyridine rings is 1. The normalized spacial score (nSPS) is 19.3. The number of carbonyl (C=O) groups is 4. The van der Waals surface area contributed by atoms with Crippen LogP contribution < -0.4 is 15.5 Å². The van der Waals surface area contributed by atoms with Crippen molar-refractivity contribution in [2.75, 3.05) is 23.3 Å². The van der Waals surface area contributed by atoms with E-state index in [9.17, 15) is 28.7 Å². The van der Waals surface area contributed by atoms with Gasteiger partial charge in [0, 0.05) is 49.0 Å². The molecule has 0 radical (unpaired) electrons. The van der Waals surface area contributed by atoms with Gasteiger partial charge in [-0.3, -0.25) is 24.2 Å². The summed E-state index contributed by atoms with van der Waals surface area (Å²) in [6.45, 7) is 4.94. The molecular weight excluding hydrogens is 589 g/mol. The number of aliphatic carboxylic acids is 1. The first-order chi connectivity index (χ1) is 22.1. The van der Waals surface area contributed by atoms with Crippen molar-refractivity contribution in [2.24, 2.45) is 5.92 Å². The van der Waals surface area contributed by atoms with Crippen molar-refractivity contribution in [2.45, 2.75) is 70.5 Å². The number of hydrogen-bond donors (Lipinski definition) is 3. The third kappa shape index (κ3) is 7.70. The van der Waals surface area contributed by atoms with Gasteiger partial charge in [0.1, 0.15) is 5.82 Å². The summed E-state index contributed by atoms with van der Waals surface area (Å²) in [5, 5.41) is 15.4. The second-order valence-corrected chi connectivity index (χ2v) is 12.3. The van der Waals surface area contributed by atoms with Crippen LogP contribution in [0.1, 0.15) is 84.7 Å². The van der Waals surface area contributed by atoms with Gasteiger partial charge in [0.05, 0.1) is 29.4 Å². The van der Waals surface area contributed by atoms with Crippen LogP contribution >= 0.6 is 0 Å². The Labute approximate surface area is 268 Å². The highest BCUT2D eigenvalue weighted by molar-refractivity contribution is 6.01. The van der Waals surface area contributed by atoms with Crippen LogP contribution in [0.4, 0.5) is 15.8 Å². The largest absolute Gasteiger partial charge is 0.481 e. The quantitative estimate of drug-likeness (QED) is 0.288. The van der Waals surface area contributed by atoms with E-state index in [0.717, 1.165) is 37.8 Å². The van der Waals surface area contributed by atoms with E-state index in [1.54, 1.807) is 42.7 Å². The lowest BCUT2D eigenvalue weighted by atomic mass is 9.88. The van der Waals surface area contributed by atoms with Crippen LogP contribution in [0.5, 0.6) is 0 Å². The summed E-state index contributed by atoms with van der Waals surface area (Å²) in [6.07, 6.45) is 7.49. The van der Waals surface area contributed by atoms with Crippen molar-refractivity contribution < 1.29 is 28.7 Å². The average Bonchev–Trinajstić information content (AvgIpc) is 3.06. The number of aromatic nitrogens is 1. The molecule has 46 heavy (non-hydrogen) atoms. The Kier molecular flexibility index (Phi) is 10.3. The molecule has 2 fully saturated rings. The first kappa shape index (κ1) is 32.6. The molecule has 3 aromatic rings. The number of carboxylic acids is 1. The first-order valence-electron chi connectivity index (χ1n) is 15.8. The zero-order chi connectivity index (χ0) is 32.8. The number of piperazine rings is 1. The van der Waals surface area contributed by atoms with E-state index in [4.69, 9.17) is 0 Å². The van der Waals surface area contributed by atoms with Gasteiger partial charge >= 0.3 is 5.97 Å². The maximum atomic E-state index is 13.5. The van der Waals surface area contributed by atoms with Gasteiger partial charge in [-0.25, -0.2) is 4.39 Å². The number of benzene rings is 2. The van der Waals surface area contributed by atoms with Crippen LogP contribution in [0.15, 0.2) is 67.0 Å². The lowest BCUT2D eigenvalue weighted by molar-refractivity contribution is -0.137.